The van der Waals surface area contributed by atoms with Gasteiger partial charge in [-0.2, -0.15) is 0 Å². The monoisotopic (exact) mass is 347 g/mol. The number of amides is 3. The van der Waals surface area contributed by atoms with Gasteiger partial charge in [0, 0.05) is 33.1 Å². The number of benzene rings is 1. The van der Waals surface area contributed by atoms with Crippen LogP contribution in [0.3, 0.4) is 0 Å². The first kappa shape index (κ1) is 19.1. The first-order chi connectivity index (χ1) is 11.8. The largest absolute Gasteiger partial charge is 0.492 e. The summed E-state index contributed by atoms with van der Waals surface area (Å²) in [5.41, 5.74) is 1.30. The molecule has 1 heterocycles. The van der Waals surface area contributed by atoms with E-state index in [1.165, 1.54) is 5.56 Å². The van der Waals surface area contributed by atoms with Crippen molar-refractivity contribution in [2.24, 2.45) is 0 Å². The number of hydrogen-bond acceptors (Lipinski definition) is 3. The molecule has 0 aliphatic carbocycles. The van der Waals surface area contributed by atoms with Crippen LogP contribution in [0.2, 0.25) is 0 Å². The van der Waals surface area contributed by atoms with Crippen molar-refractivity contribution in [2.75, 3.05) is 39.3 Å². The Kier molecular flexibility index (Phi) is 6.28. The molecule has 0 spiro atoms. The predicted octanol–water partition coefficient (Wildman–Crippen LogP) is 2.24. The van der Waals surface area contributed by atoms with E-state index in [9.17, 15) is 9.59 Å². The van der Waals surface area contributed by atoms with Crippen molar-refractivity contribution in [1.82, 2.24) is 15.1 Å². The Bertz CT molecular complexity index is 602. The number of rotatable bonds is 4. The molecular formula is C19H29N3O3. The average molecular weight is 347 g/mol. The van der Waals surface area contributed by atoms with Crippen molar-refractivity contribution < 1.29 is 14.3 Å². The molecule has 1 aromatic rings. The summed E-state index contributed by atoms with van der Waals surface area (Å²) in [4.78, 5) is 26.9. The first-order valence-electron chi connectivity index (χ1n) is 8.79. The number of nitrogens with one attached hydrogen (secondary N) is 1. The standard InChI is InChI=1S/C19H29N3O3/c1-15(23)21-9-11-22(12-10-21)18(24)20-8-13-25-17-7-5-6-16(14-17)19(2,3)4/h5-7,14H,8-13H2,1-4H3,(H,20,24). The van der Waals surface area contributed by atoms with E-state index < -0.39 is 0 Å². The Morgan fingerprint density at radius 3 is 2.36 bits per heavy atom. The fourth-order valence-corrected chi connectivity index (χ4v) is 2.72. The smallest absolute Gasteiger partial charge is 0.317 e. The van der Waals surface area contributed by atoms with Gasteiger partial charge in [-0.1, -0.05) is 32.9 Å². The van der Waals surface area contributed by atoms with Gasteiger partial charge in [-0.15, -0.1) is 0 Å². The molecule has 6 heteroatoms. The molecule has 0 aromatic heterocycles. The third-order valence-corrected chi connectivity index (χ3v) is 4.36. The van der Waals surface area contributed by atoms with E-state index in [-0.39, 0.29) is 17.4 Å². The molecule has 0 radical (unpaired) electrons. The van der Waals surface area contributed by atoms with Crippen LogP contribution in [0.4, 0.5) is 4.79 Å². The second-order valence-corrected chi connectivity index (χ2v) is 7.35. The van der Waals surface area contributed by atoms with E-state index in [2.05, 4.69) is 32.2 Å². The molecule has 6 nitrogen and oxygen atoms in total. The molecule has 1 aromatic carbocycles. The highest BCUT2D eigenvalue weighted by Gasteiger charge is 2.21. The second kappa shape index (κ2) is 8.23. The lowest BCUT2D eigenvalue weighted by molar-refractivity contribution is -0.130. The fraction of sp³-hybridized carbons (Fsp3) is 0.579. The van der Waals surface area contributed by atoms with Gasteiger partial charge in [0.1, 0.15) is 12.4 Å². The van der Waals surface area contributed by atoms with Crippen LogP contribution in [-0.2, 0) is 10.2 Å². The van der Waals surface area contributed by atoms with Crippen LogP contribution in [0.5, 0.6) is 5.75 Å². The molecule has 0 atom stereocenters. The third-order valence-electron chi connectivity index (χ3n) is 4.36. The van der Waals surface area contributed by atoms with Crippen molar-refractivity contribution in [2.45, 2.75) is 33.1 Å². The van der Waals surface area contributed by atoms with Crippen LogP contribution in [-0.4, -0.2) is 61.1 Å². The molecule has 1 aliphatic rings. The summed E-state index contributed by atoms with van der Waals surface area (Å²) >= 11 is 0. The Labute approximate surface area is 150 Å². The summed E-state index contributed by atoms with van der Waals surface area (Å²) < 4.78 is 5.74. The molecular weight excluding hydrogens is 318 g/mol. The number of hydrogen-bond donors (Lipinski definition) is 1. The minimum Gasteiger partial charge on any atom is -0.492 e. The van der Waals surface area contributed by atoms with Gasteiger partial charge >= 0.3 is 6.03 Å². The topological polar surface area (TPSA) is 61.9 Å². The Balaban J connectivity index is 1.71. The van der Waals surface area contributed by atoms with Gasteiger partial charge in [-0.05, 0) is 23.1 Å². The van der Waals surface area contributed by atoms with E-state index in [0.717, 1.165) is 5.75 Å². The van der Waals surface area contributed by atoms with Crippen molar-refractivity contribution >= 4 is 11.9 Å². The van der Waals surface area contributed by atoms with Crippen molar-refractivity contribution in [3.8, 4) is 5.75 Å². The normalized spacial score (nSPS) is 15.0. The van der Waals surface area contributed by atoms with Gasteiger partial charge in [0.05, 0.1) is 6.54 Å². The van der Waals surface area contributed by atoms with Crippen LogP contribution in [0.15, 0.2) is 24.3 Å². The summed E-state index contributed by atoms with van der Waals surface area (Å²) in [6.07, 6.45) is 0. The molecule has 0 unspecified atom stereocenters. The number of urea groups is 1. The number of piperazine rings is 1. The van der Waals surface area contributed by atoms with Crippen molar-refractivity contribution in [1.29, 1.82) is 0 Å². The van der Waals surface area contributed by atoms with Crippen LogP contribution in [0.1, 0.15) is 33.3 Å². The van der Waals surface area contributed by atoms with Crippen molar-refractivity contribution in [3.05, 3.63) is 29.8 Å². The van der Waals surface area contributed by atoms with Crippen LogP contribution in [0, 0.1) is 0 Å². The van der Waals surface area contributed by atoms with Crippen LogP contribution in [0.25, 0.3) is 0 Å². The molecule has 0 bridgehead atoms. The molecule has 1 saturated heterocycles. The molecule has 1 fully saturated rings. The lowest BCUT2D eigenvalue weighted by Crippen LogP contribution is -2.53. The highest BCUT2D eigenvalue weighted by molar-refractivity contribution is 5.76. The molecule has 1 N–H and O–H groups in total. The van der Waals surface area contributed by atoms with Gasteiger partial charge in [0.2, 0.25) is 5.91 Å². The van der Waals surface area contributed by atoms with E-state index in [1.54, 1.807) is 16.7 Å². The zero-order valence-electron chi connectivity index (χ0n) is 15.7. The molecule has 1 aliphatic heterocycles. The van der Waals surface area contributed by atoms with Crippen LogP contribution >= 0.6 is 0 Å². The number of ether oxygens (including phenoxy) is 1. The lowest BCUT2D eigenvalue weighted by Gasteiger charge is -2.34. The summed E-state index contributed by atoms with van der Waals surface area (Å²) in [7, 11) is 0. The maximum Gasteiger partial charge on any atom is 0.317 e. The van der Waals surface area contributed by atoms with E-state index >= 15 is 0 Å². The van der Waals surface area contributed by atoms with Gasteiger partial charge in [-0.3, -0.25) is 4.79 Å². The lowest BCUT2D eigenvalue weighted by atomic mass is 9.87. The SMILES string of the molecule is CC(=O)N1CCN(C(=O)NCCOc2cccc(C(C)(C)C)c2)CC1. The van der Waals surface area contributed by atoms with Gasteiger partial charge in [-0.25, -0.2) is 4.79 Å². The highest BCUT2D eigenvalue weighted by Crippen LogP contribution is 2.25. The van der Waals surface area contributed by atoms with Crippen LogP contribution < -0.4 is 10.1 Å². The van der Waals surface area contributed by atoms with E-state index in [0.29, 0.717) is 39.3 Å². The van der Waals surface area contributed by atoms with E-state index in [4.69, 9.17) is 4.74 Å². The van der Waals surface area contributed by atoms with Gasteiger partial charge in [0.25, 0.3) is 0 Å². The van der Waals surface area contributed by atoms with Crippen molar-refractivity contribution in [3.63, 3.8) is 0 Å². The molecule has 2 rings (SSSR count). The highest BCUT2D eigenvalue weighted by atomic mass is 16.5. The zero-order chi connectivity index (χ0) is 18.4. The number of nitrogens with zero attached hydrogens (tertiary/aromatic N) is 2. The second-order valence-electron chi connectivity index (χ2n) is 7.35. The maximum absolute atomic E-state index is 12.1. The minimum atomic E-state index is -0.102. The Hall–Kier alpha value is -2.24. The zero-order valence-corrected chi connectivity index (χ0v) is 15.7. The summed E-state index contributed by atoms with van der Waals surface area (Å²) in [6, 6.07) is 7.95. The predicted molar refractivity (Wildman–Crippen MR) is 97.9 cm³/mol. The minimum absolute atomic E-state index is 0.0611. The molecule has 0 saturated carbocycles. The molecule has 25 heavy (non-hydrogen) atoms. The molecule has 3 amide bonds. The van der Waals surface area contributed by atoms with Gasteiger partial charge < -0.3 is 19.9 Å². The van der Waals surface area contributed by atoms with Gasteiger partial charge in [0.15, 0.2) is 0 Å². The first-order valence-corrected chi connectivity index (χ1v) is 8.79. The molecule has 138 valence electrons. The Morgan fingerprint density at radius 2 is 1.76 bits per heavy atom. The Morgan fingerprint density at radius 1 is 1.12 bits per heavy atom. The summed E-state index contributed by atoms with van der Waals surface area (Å²) in [5.74, 6) is 0.877. The summed E-state index contributed by atoms with van der Waals surface area (Å²) in [6.45, 7) is 11.3. The quantitative estimate of drug-likeness (QED) is 0.850. The number of carbonyl (C=O) groups is 2. The number of carbonyl (C=O) groups excluding carboxylic acids is 2. The summed E-state index contributed by atoms with van der Waals surface area (Å²) in [5, 5.41) is 2.87. The average Bonchev–Trinajstić information content (AvgIpc) is 2.58. The third kappa shape index (κ3) is 5.66. The van der Waals surface area contributed by atoms with E-state index in [1.807, 2.05) is 18.2 Å². The fourth-order valence-electron chi connectivity index (χ4n) is 2.72. The maximum atomic E-state index is 12.1.